The molecule has 0 aromatic heterocycles. The van der Waals surface area contributed by atoms with Crippen molar-refractivity contribution in [1.82, 2.24) is 0 Å². The average Bonchev–Trinajstić information content (AvgIpc) is 2.83. The lowest BCUT2D eigenvalue weighted by Crippen LogP contribution is -2.37. The number of ether oxygens (including phenoxy) is 2. The van der Waals surface area contributed by atoms with Crippen molar-refractivity contribution in [2.24, 2.45) is 10.9 Å². The molecule has 0 bridgehead atoms. The number of non-ortho nitro benzene ring substituents is 1. The van der Waals surface area contributed by atoms with Crippen LogP contribution in [0.15, 0.2) is 58.7 Å². The number of hydrogen-bond donors (Lipinski definition) is 1. The van der Waals surface area contributed by atoms with E-state index in [1.807, 2.05) is 0 Å². The molecule has 1 heterocycles. The first-order valence-corrected chi connectivity index (χ1v) is 11.3. The summed E-state index contributed by atoms with van der Waals surface area (Å²) in [5, 5.41) is 14.4. The van der Waals surface area contributed by atoms with Gasteiger partial charge >= 0.3 is 11.9 Å². The Labute approximate surface area is 212 Å². The van der Waals surface area contributed by atoms with E-state index in [4.69, 9.17) is 21.1 Å². The number of carbonyl (C=O) groups excluding carboxylic acids is 3. The van der Waals surface area contributed by atoms with Crippen molar-refractivity contribution in [3.05, 3.63) is 80.0 Å². The second kappa shape index (κ2) is 11.1. The lowest BCUT2D eigenvalue weighted by atomic mass is 9.75. The van der Waals surface area contributed by atoms with E-state index in [9.17, 15) is 24.5 Å². The molecule has 36 heavy (non-hydrogen) atoms. The zero-order valence-electron chi connectivity index (χ0n) is 20.0. The Bertz CT molecular complexity index is 1300. The quantitative estimate of drug-likeness (QED) is 0.322. The number of nitro groups is 1. The summed E-state index contributed by atoms with van der Waals surface area (Å²) in [6.07, 6.45) is 0. The molecule has 0 spiro atoms. The first kappa shape index (κ1) is 26.6. The molecule has 0 saturated carbocycles. The number of esters is 2. The van der Waals surface area contributed by atoms with Crippen LogP contribution in [0.25, 0.3) is 0 Å². The van der Waals surface area contributed by atoms with Gasteiger partial charge in [0.15, 0.2) is 0 Å². The highest BCUT2D eigenvalue weighted by atomic mass is 35.5. The minimum absolute atomic E-state index is 0.0831. The summed E-state index contributed by atoms with van der Waals surface area (Å²) in [6, 6.07) is 10.0. The SMILES string of the molecule is CCOC(=O)c1ccc(Cl)cc1NC(=O)C1=C(C)N=C(C)C(C(=O)OC)C1c1cccc([N+](=O)[O-])c1. The van der Waals surface area contributed by atoms with Gasteiger partial charge in [0.1, 0.15) is 5.92 Å². The van der Waals surface area contributed by atoms with E-state index in [0.717, 1.165) is 0 Å². The van der Waals surface area contributed by atoms with Crippen molar-refractivity contribution in [3.63, 3.8) is 0 Å². The van der Waals surface area contributed by atoms with Crippen molar-refractivity contribution in [3.8, 4) is 0 Å². The number of benzene rings is 2. The third-order valence-electron chi connectivity index (χ3n) is 5.69. The van der Waals surface area contributed by atoms with Crippen molar-refractivity contribution >= 4 is 46.5 Å². The summed E-state index contributed by atoms with van der Waals surface area (Å²) in [5.74, 6) is -3.93. The van der Waals surface area contributed by atoms with Gasteiger partial charge in [-0.05, 0) is 44.5 Å². The number of anilines is 1. The Morgan fingerprint density at radius 3 is 2.53 bits per heavy atom. The van der Waals surface area contributed by atoms with Gasteiger partial charge in [-0.2, -0.15) is 0 Å². The fourth-order valence-corrected chi connectivity index (χ4v) is 4.33. The molecular formula is C25H24ClN3O7. The first-order chi connectivity index (χ1) is 17.1. The van der Waals surface area contributed by atoms with Crippen LogP contribution in [-0.2, 0) is 19.1 Å². The van der Waals surface area contributed by atoms with Gasteiger partial charge < -0.3 is 14.8 Å². The topological polar surface area (TPSA) is 137 Å². The van der Waals surface area contributed by atoms with Gasteiger partial charge in [-0.25, -0.2) is 4.79 Å². The van der Waals surface area contributed by atoms with E-state index in [-0.39, 0.29) is 34.1 Å². The predicted molar refractivity (Wildman–Crippen MR) is 133 cm³/mol. The lowest BCUT2D eigenvalue weighted by Gasteiger charge is -2.31. The zero-order chi connectivity index (χ0) is 26.6. The van der Waals surface area contributed by atoms with Crippen molar-refractivity contribution in [1.29, 1.82) is 0 Å². The van der Waals surface area contributed by atoms with Gasteiger partial charge in [-0.3, -0.25) is 24.7 Å². The molecule has 10 nitrogen and oxygen atoms in total. The molecule has 3 rings (SSSR count). The summed E-state index contributed by atoms with van der Waals surface area (Å²) in [6.45, 7) is 5.00. The van der Waals surface area contributed by atoms with Crippen LogP contribution in [-0.4, -0.2) is 42.2 Å². The van der Waals surface area contributed by atoms with Gasteiger partial charge in [0.2, 0.25) is 0 Å². The smallest absolute Gasteiger partial charge is 0.340 e. The maximum atomic E-state index is 13.7. The van der Waals surface area contributed by atoms with Gasteiger partial charge in [0.25, 0.3) is 11.6 Å². The maximum absolute atomic E-state index is 13.7. The number of hydrogen-bond acceptors (Lipinski definition) is 8. The zero-order valence-corrected chi connectivity index (χ0v) is 20.8. The number of nitrogens with zero attached hydrogens (tertiary/aromatic N) is 2. The number of aliphatic imine (C=N–C) groups is 1. The van der Waals surface area contributed by atoms with Gasteiger partial charge in [0.05, 0.1) is 29.9 Å². The van der Waals surface area contributed by atoms with Crippen molar-refractivity contribution in [2.75, 3.05) is 19.0 Å². The monoisotopic (exact) mass is 513 g/mol. The van der Waals surface area contributed by atoms with E-state index in [2.05, 4.69) is 10.3 Å². The maximum Gasteiger partial charge on any atom is 0.340 e. The molecular weight excluding hydrogens is 490 g/mol. The first-order valence-electron chi connectivity index (χ1n) is 10.9. The fourth-order valence-electron chi connectivity index (χ4n) is 4.15. The van der Waals surface area contributed by atoms with Crippen LogP contribution in [0.4, 0.5) is 11.4 Å². The molecule has 188 valence electrons. The largest absolute Gasteiger partial charge is 0.468 e. The molecule has 2 aromatic rings. The van der Waals surface area contributed by atoms with E-state index in [0.29, 0.717) is 17.0 Å². The van der Waals surface area contributed by atoms with Crippen LogP contribution >= 0.6 is 11.6 Å². The van der Waals surface area contributed by atoms with E-state index < -0.39 is 34.6 Å². The predicted octanol–water partition coefficient (Wildman–Crippen LogP) is 4.68. The van der Waals surface area contributed by atoms with Gasteiger partial charge in [-0.1, -0.05) is 23.7 Å². The Kier molecular flexibility index (Phi) is 8.21. The average molecular weight is 514 g/mol. The number of nitrogens with one attached hydrogen (secondary N) is 1. The van der Waals surface area contributed by atoms with E-state index in [1.54, 1.807) is 26.8 Å². The number of rotatable bonds is 7. The molecule has 11 heteroatoms. The molecule has 0 aliphatic carbocycles. The Hall–Kier alpha value is -4.05. The molecule has 1 aliphatic rings. The van der Waals surface area contributed by atoms with Gasteiger partial charge in [0, 0.05) is 40.1 Å². The van der Waals surface area contributed by atoms with Crippen LogP contribution < -0.4 is 5.32 Å². The number of nitro benzene ring substituents is 1. The number of amides is 1. The Balaban J connectivity index is 2.15. The summed E-state index contributed by atoms with van der Waals surface area (Å²) in [5.41, 5.74) is 1.13. The normalized spacial score (nSPS) is 17.2. The van der Waals surface area contributed by atoms with E-state index in [1.165, 1.54) is 43.5 Å². The summed E-state index contributed by atoms with van der Waals surface area (Å²) >= 11 is 6.11. The number of carbonyl (C=O) groups is 3. The highest BCUT2D eigenvalue weighted by Gasteiger charge is 2.42. The lowest BCUT2D eigenvalue weighted by molar-refractivity contribution is -0.384. The summed E-state index contributed by atoms with van der Waals surface area (Å²) in [4.78, 5) is 54.2. The van der Waals surface area contributed by atoms with Crippen LogP contribution in [0, 0.1) is 16.0 Å². The molecule has 0 saturated heterocycles. The Morgan fingerprint density at radius 2 is 1.89 bits per heavy atom. The molecule has 1 amide bonds. The third kappa shape index (κ3) is 5.44. The minimum atomic E-state index is -1.01. The number of halogens is 1. The highest BCUT2D eigenvalue weighted by molar-refractivity contribution is 6.31. The molecule has 1 N–H and O–H groups in total. The highest BCUT2D eigenvalue weighted by Crippen LogP contribution is 2.41. The summed E-state index contributed by atoms with van der Waals surface area (Å²) in [7, 11) is 1.21. The van der Waals surface area contributed by atoms with Crippen LogP contribution in [0.2, 0.25) is 5.02 Å². The molecule has 0 fully saturated rings. The van der Waals surface area contributed by atoms with Crippen LogP contribution in [0.1, 0.15) is 42.6 Å². The van der Waals surface area contributed by atoms with E-state index >= 15 is 0 Å². The van der Waals surface area contributed by atoms with Crippen molar-refractivity contribution in [2.45, 2.75) is 26.7 Å². The van der Waals surface area contributed by atoms with Crippen LogP contribution in [0.3, 0.4) is 0 Å². The minimum Gasteiger partial charge on any atom is -0.468 e. The molecule has 2 unspecified atom stereocenters. The van der Waals surface area contributed by atoms with Crippen molar-refractivity contribution < 1.29 is 28.8 Å². The fraction of sp³-hybridized carbons (Fsp3) is 0.280. The molecule has 2 atom stereocenters. The second-order valence-electron chi connectivity index (χ2n) is 7.95. The standard InChI is InChI=1S/C25H24ClN3O7/c1-5-36-24(31)18-10-9-16(26)12-19(18)28-23(30)20-13(2)27-14(3)21(25(32)35-4)22(20)15-7-6-8-17(11-15)29(33)34/h6-12,21-22H,5H2,1-4H3,(H,28,30). The molecule has 0 radical (unpaired) electrons. The third-order valence-corrected chi connectivity index (χ3v) is 5.93. The number of allylic oxidation sites excluding steroid dienone is 1. The van der Waals surface area contributed by atoms with Gasteiger partial charge in [-0.15, -0.1) is 0 Å². The number of methoxy groups -OCH3 is 1. The van der Waals surface area contributed by atoms with Crippen LogP contribution in [0.5, 0.6) is 0 Å². The summed E-state index contributed by atoms with van der Waals surface area (Å²) < 4.78 is 10.0. The molecule has 1 aliphatic heterocycles. The second-order valence-corrected chi connectivity index (χ2v) is 8.38. The molecule has 2 aromatic carbocycles. The Morgan fingerprint density at radius 1 is 1.17 bits per heavy atom.